The second-order valence-electron chi connectivity index (χ2n) is 9.94. The molecule has 0 atom stereocenters. The number of hydrogen-bond acceptors (Lipinski definition) is 9. The van der Waals surface area contributed by atoms with E-state index in [0.717, 1.165) is 17.0 Å². The van der Waals surface area contributed by atoms with Crippen LogP contribution in [-0.4, -0.2) is 55.6 Å². The number of aliphatic hydroxyl groups excluding tert-OH is 1. The number of likely N-dealkylation sites (tertiary alicyclic amines) is 1. The number of nitrogens with zero attached hydrogens (tertiary/aromatic N) is 6. The molecule has 0 saturated carbocycles. The molecule has 1 aliphatic heterocycles. The van der Waals surface area contributed by atoms with Gasteiger partial charge in [-0.1, -0.05) is 11.3 Å². The first-order valence-corrected chi connectivity index (χ1v) is 14.9. The highest BCUT2D eigenvalue weighted by atomic mass is 32.1. The molecule has 5 aromatic rings. The van der Waals surface area contributed by atoms with E-state index in [1.165, 1.54) is 41.8 Å². The van der Waals surface area contributed by atoms with E-state index in [4.69, 9.17) is 0 Å². The third kappa shape index (κ3) is 5.89. The van der Waals surface area contributed by atoms with E-state index >= 15 is 0 Å². The van der Waals surface area contributed by atoms with E-state index in [1.807, 2.05) is 24.4 Å². The number of hydrogen-bond donors (Lipinski definition) is 2. The highest BCUT2D eigenvalue weighted by molar-refractivity contribution is 7.16. The number of rotatable bonds is 8. The summed E-state index contributed by atoms with van der Waals surface area (Å²) in [5.41, 5.74) is 3.96. The van der Waals surface area contributed by atoms with Crippen LogP contribution in [0.3, 0.4) is 0 Å². The fraction of sp³-hybridized carbons (Fsp3) is 0.241. The molecule has 0 radical (unpaired) electrons. The zero-order valence-corrected chi connectivity index (χ0v) is 24.2. The first-order valence-electron chi connectivity index (χ1n) is 13.2. The van der Waals surface area contributed by atoms with Crippen molar-refractivity contribution in [1.29, 1.82) is 5.26 Å². The summed E-state index contributed by atoms with van der Waals surface area (Å²) in [4.78, 5) is 11.2. The molecule has 6 rings (SSSR count). The summed E-state index contributed by atoms with van der Waals surface area (Å²) in [6.07, 6.45) is -3.71. The van der Waals surface area contributed by atoms with Gasteiger partial charge in [0, 0.05) is 65.3 Å². The van der Waals surface area contributed by atoms with Crippen molar-refractivity contribution in [1.82, 2.24) is 19.4 Å². The van der Waals surface area contributed by atoms with Crippen LogP contribution < -0.4 is 5.43 Å². The van der Waals surface area contributed by atoms with Gasteiger partial charge in [-0.15, -0.1) is 11.3 Å². The molecule has 0 spiro atoms. The third-order valence-electron chi connectivity index (χ3n) is 6.98. The number of benzene rings is 2. The van der Waals surface area contributed by atoms with Crippen LogP contribution >= 0.6 is 22.7 Å². The number of aryl methyl sites for hydroxylation is 1. The Morgan fingerprint density at radius 3 is 2.58 bits per heavy atom. The van der Waals surface area contributed by atoms with Gasteiger partial charge in [0.1, 0.15) is 27.5 Å². The Morgan fingerprint density at radius 1 is 1.16 bits per heavy atom. The van der Waals surface area contributed by atoms with Crippen molar-refractivity contribution in [2.24, 2.45) is 5.10 Å². The number of fused-ring (bicyclic) bond motifs is 1. The Hall–Kier alpha value is -4.16. The Bertz CT molecular complexity index is 1860. The molecule has 8 nitrogen and oxygen atoms in total. The highest BCUT2D eigenvalue weighted by Gasteiger charge is 2.39. The summed E-state index contributed by atoms with van der Waals surface area (Å²) in [6.45, 7) is 4.06. The Kier molecular flexibility index (Phi) is 7.74. The summed E-state index contributed by atoms with van der Waals surface area (Å²) in [5.74, 6) is -0.465. The SMILES string of the molecule is CCn1cc(/C(=N/Nc2nc(-c3ccc(F)cc3)c(C#N)s2)C(F)(F)F)c2cc(-c3nc(CN4CC(O)C4)cs3)ccc21. The minimum absolute atomic E-state index is 0.0115. The van der Waals surface area contributed by atoms with Crippen molar-refractivity contribution in [3.8, 4) is 27.9 Å². The van der Waals surface area contributed by atoms with E-state index in [1.54, 1.807) is 16.7 Å². The number of alkyl halides is 3. The van der Waals surface area contributed by atoms with Gasteiger partial charge >= 0.3 is 6.18 Å². The minimum atomic E-state index is -4.82. The number of thiazole rings is 2. The standard InChI is InChI=1S/C29H23F4N7OS2/c1-2-40-14-22(21-9-17(5-8-23(21)40)27-35-19(15-42-27)11-39-12-20(41)13-39)26(29(31,32)33)37-38-28-36-25(24(10-34)43-28)16-3-6-18(30)7-4-16/h3-9,14-15,20,41H,2,11-13H2,1H3,(H,36,38)/b37-26-. The predicted octanol–water partition coefficient (Wildman–Crippen LogP) is 6.47. The smallest absolute Gasteiger partial charge is 0.390 e. The second-order valence-corrected chi connectivity index (χ2v) is 11.8. The van der Waals surface area contributed by atoms with Crippen LogP contribution in [0, 0.1) is 17.1 Å². The maximum atomic E-state index is 14.5. The molecule has 2 aromatic carbocycles. The summed E-state index contributed by atoms with van der Waals surface area (Å²) in [6, 6.07) is 12.6. The van der Waals surface area contributed by atoms with Crippen molar-refractivity contribution in [3.63, 3.8) is 0 Å². The molecule has 2 N–H and O–H groups in total. The molecule has 43 heavy (non-hydrogen) atoms. The van der Waals surface area contributed by atoms with E-state index in [0.29, 0.717) is 53.2 Å². The highest BCUT2D eigenvalue weighted by Crippen LogP contribution is 2.35. The average Bonchev–Trinajstić information content (AvgIpc) is 3.69. The van der Waals surface area contributed by atoms with E-state index in [-0.39, 0.29) is 27.4 Å². The monoisotopic (exact) mass is 625 g/mol. The number of aliphatic hydroxyl groups is 1. The van der Waals surface area contributed by atoms with Crippen molar-refractivity contribution in [2.75, 3.05) is 18.5 Å². The maximum Gasteiger partial charge on any atom is 0.435 e. The molecule has 1 aliphatic rings. The van der Waals surface area contributed by atoms with Crippen LogP contribution in [0.1, 0.15) is 23.1 Å². The van der Waals surface area contributed by atoms with Crippen molar-refractivity contribution in [3.05, 3.63) is 76.0 Å². The number of hydrazone groups is 1. The van der Waals surface area contributed by atoms with Crippen LogP contribution in [-0.2, 0) is 13.1 Å². The van der Waals surface area contributed by atoms with Crippen LogP contribution in [0.15, 0.2) is 59.1 Å². The second kappa shape index (κ2) is 11.5. The minimum Gasteiger partial charge on any atom is -0.390 e. The summed E-state index contributed by atoms with van der Waals surface area (Å²) in [5, 5.41) is 25.8. The molecule has 3 aromatic heterocycles. The number of halogens is 4. The molecule has 14 heteroatoms. The van der Waals surface area contributed by atoms with Crippen LogP contribution in [0.5, 0.6) is 0 Å². The lowest BCUT2D eigenvalue weighted by Gasteiger charge is -2.35. The normalized spacial score (nSPS) is 14.7. The molecular formula is C29H23F4N7OS2. The lowest BCUT2D eigenvalue weighted by atomic mass is 10.1. The number of β-amino-alcohol motifs (C(OH)–C–C–N with tert-alkyl or cyclic N) is 1. The van der Waals surface area contributed by atoms with Gasteiger partial charge < -0.3 is 9.67 Å². The molecule has 4 heterocycles. The van der Waals surface area contributed by atoms with Crippen molar-refractivity contribution < 1.29 is 22.7 Å². The first kappa shape index (κ1) is 28.9. The van der Waals surface area contributed by atoms with Crippen LogP contribution in [0.25, 0.3) is 32.7 Å². The van der Waals surface area contributed by atoms with Gasteiger partial charge in [-0.25, -0.2) is 14.4 Å². The van der Waals surface area contributed by atoms with Crippen LogP contribution in [0.2, 0.25) is 0 Å². The van der Waals surface area contributed by atoms with E-state index in [2.05, 4.69) is 25.4 Å². The Balaban J connectivity index is 1.35. The fourth-order valence-corrected chi connectivity index (χ4v) is 6.46. The van der Waals surface area contributed by atoms with Gasteiger partial charge in [-0.05, 0) is 49.4 Å². The number of aromatic nitrogens is 3. The van der Waals surface area contributed by atoms with Gasteiger partial charge in [0.15, 0.2) is 5.71 Å². The fourth-order valence-electron chi connectivity index (χ4n) is 4.92. The number of anilines is 1. The summed E-state index contributed by atoms with van der Waals surface area (Å²) in [7, 11) is 0. The first-order chi connectivity index (χ1) is 20.6. The van der Waals surface area contributed by atoms with Crippen molar-refractivity contribution >= 4 is 44.4 Å². The number of nitriles is 1. The topological polar surface area (TPSA) is 102 Å². The van der Waals surface area contributed by atoms with Gasteiger partial charge in [0.2, 0.25) is 5.13 Å². The molecule has 0 aliphatic carbocycles. The van der Waals surface area contributed by atoms with Gasteiger partial charge in [0.05, 0.1) is 11.8 Å². The van der Waals surface area contributed by atoms with Crippen LogP contribution in [0.4, 0.5) is 22.7 Å². The average molecular weight is 626 g/mol. The van der Waals surface area contributed by atoms with Crippen molar-refractivity contribution in [2.45, 2.75) is 32.3 Å². The quantitative estimate of drug-likeness (QED) is 0.116. The third-order valence-corrected chi connectivity index (χ3v) is 8.78. The lowest BCUT2D eigenvalue weighted by molar-refractivity contribution is -0.0580. The molecule has 1 saturated heterocycles. The molecule has 0 bridgehead atoms. The van der Waals surface area contributed by atoms with Gasteiger partial charge in [-0.2, -0.15) is 23.5 Å². The zero-order chi connectivity index (χ0) is 30.3. The van der Waals surface area contributed by atoms with Gasteiger partial charge in [-0.3, -0.25) is 10.3 Å². The van der Waals surface area contributed by atoms with Gasteiger partial charge in [0.25, 0.3) is 0 Å². The lowest BCUT2D eigenvalue weighted by Crippen LogP contribution is -2.49. The Morgan fingerprint density at radius 2 is 1.91 bits per heavy atom. The predicted molar refractivity (Wildman–Crippen MR) is 158 cm³/mol. The Labute approximate surface area is 251 Å². The summed E-state index contributed by atoms with van der Waals surface area (Å²) < 4.78 is 58.6. The molecule has 0 unspecified atom stereocenters. The van der Waals surface area contributed by atoms with E-state index in [9.17, 15) is 27.9 Å². The molecule has 220 valence electrons. The molecule has 1 fully saturated rings. The number of nitrogens with one attached hydrogen (secondary N) is 1. The molecular weight excluding hydrogens is 602 g/mol. The summed E-state index contributed by atoms with van der Waals surface area (Å²) >= 11 is 2.26. The largest absolute Gasteiger partial charge is 0.435 e. The molecule has 0 amide bonds. The zero-order valence-electron chi connectivity index (χ0n) is 22.6. The van der Waals surface area contributed by atoms with E-state index < -0.39 is 17.7 Å². The maximum absolute atomic E-state index is 14.5.